The van der Waals surface area contributed by atoms with Crippen LogP contribution >= 0.6 is 11.6 Å². The highest BCUT2D eigenvalue weighted by Crippen LogP contribution is 2.67. The normalized spacial score (nSPS) is 23.7. The van der Waals surface area contributed by atoms with Gasteiger partial charge < -0.3 is 9.64 Å². The molecule has 0 bridgehead atoms. The molecule has 3 aromatic rings. The average molecular weight is 459 g/mol. The molecule has 1 aliphatic carbocycles. The zero-order valence-electron chi connectivity index (χ0n) is 18.0. The first kappa shape index (κ1) is 20.5. The Hall–Kier alpha value is -3.15. The molecule has 2 amide bonds. The lowest BCUT2D eigenvalue weighted by atomic mass is 9.92. The quantitative estimate of drug-likeness (QED) is 0.560. The molecule has 2 atom stereocenters. The van der Waals surface area contributed by atoms with E-state index in [0.717, 1.165) is 28.9 Å². The van der Waals surface area contributed by atoms with E-state index in [1.165, 1.54) is 0 Å². The summed E-state index contributed by atoms with van der Waals surface area (Å²) >= 11 is 6.08. The number of morpholine rings is 1. The van der Waals surface area contributed by atoms with Crippen LogP contribution in [-0.2, 0) is 14.9 Å². The number of amides is 2. The molecular weight excluding hydrogens is 436 g/mol. The van der Waals surface area contributed by atoms with E-state index in [9.17, 15) is 9.59 Å². The van der Waals surface area contributed by atoms with Crippen molar-refractivity contribution in [3.63, 3.8) is 0 Å². The second kappa shape index (κ2) is 7.72. The van der Waals surface area contributed by atoms with E-state index < -0.39 is 5.41 Å². The lowest BCUT2D eigenvalue weighted by molar-refractivity contribution is -0.119. The molecule has 2 aliphatic heterocycles. The summed E-state index contributed by atoms with van der Waals surface area (Å²) in [6.07, 6.45) is 0.771. The number of halogens is 1. The third kappa shape index (κ3) is 3.18. The summed E-state index contributed by atoms with van der Waals surface area (Å²) in [6.45, 7) is 2.27. The molecule has 6 rings (SSSR count). The van der Waals surface area contributed by atoms with E-state index in [0.29, 0.717) is 36.9 Å². The number of carbonyl (C=O) groups is 2. The minimum Gasteiger partial charge on any atom is -0.378 e. The van der Waals surface area contributed by atoms with Crippen LogP contribution in [0.3, 0.4) is 0 Å². The Balaban J connectivity index is 1.37. The lowest BCUT2D eigenvalue weighted by Gasteiger charge is -2.27. The molecule has 0 N–H and O–H groups in total. The number of nitrogens with zero attached hydrogens (tertiary/aromatic N) is 2. The van der Waals surface area contributed by atoms with Crippen molar-refractivity contribution in [3.05, 3.63) is 94.5 Å². The summed E-state index contributed by atoms with van der Waals surface area (Å²) in [5, 5.41) is 0.690. The Morgan fingerprint density at radius 3 is 2.52 bits per heavy atom. The van der Waals surface area contributed by atoms with Crippen molar-refractivity contribution in [3.8, 4) is 0 Å². The van der Waals surface area contributed by atoms with Crippen molar-refractivity contribution >= 4 is 34.8 Å². The first-order chi connectivity index (χ1) is 16.1. The highest BCUT2D eigenvalue weighted by Gasteiger charge is 2.67. The average Bonchev–Trinajstić information content (AvgIpc) is 3.56. The molecular formula is C27H23ClN2O3. The summed E-state index contributed by atoms with van der Waals surface area (Å²) in [5.74, 6) is 0.159. The van der Waals surface area contributed by atoms with Crippen LogP contribution in [-0.4, -0.2) is 43.0 Å². The van der Waals surface area contributed by atoms with Crippen LogP contribution in [0.15, 0.2) is 72.8 Å². The molecule has 1 spiro atoms. The van der Waals surface area contributed by atoms with Crippen molar-refractivity contribution in [1.82, 2.24) is 4.90 Å². The molecule has 166 valence electrons. The van der Waals surface area contributed by atoms with Gasteiger partial charge in [0.2, 0.25) is 5.91 Å². The van der Waals surface area contributed by atoms with Crippen molar-refractivity contribution in [2.45, 2.75) is 17.8 Å². The van der Waals surface area contributed by atoms with Gasteiger partial charge in [-0.3, -0.25) is 14.5 Å². The van der Waals surface area contributed by atoms with Gasteiger partial charge in [-0.2, -0.15) is 0 Å². The molecule has 0 aromatic heterocycles. The van der Waals surface area contributed by atoms with Gasteiger partial charge in [0, 0.05) is 35.3 Å². The van der Waals surface area contributed by atoms with Crippen LogP contribution in [0.4, 0.5) is 11.4 Å². The number of para-hydroxylation sites is 1. The third-order valence-corrected chi connectivity index (χ3v) is 7.35. The highest BCUT2D eigenvalue weighted by atomic mass is 35.5. The number of carbonyl (C=O) groups excluding carboxylic acids is 2. The van der Waals surface area contributed by atoms with E-state index in [1.807, 2.05) is 66.7 Å². The number of anilines is 2. The van der Waals surface area contributed by atoms with Gasteiger partial charge in [0.05, 0.1) is 24.3 Å². The van der Waals surface area contributed by atoms with Crippen LogP contribution in [0.5, 0.6) is 0 Å². The summed E-state index contributed by atoms with van der Waals surface area (Å²) in [6, 6.07) is 23.2. The van der Waals surface area contributed by atoms with Crippen LogP contribution < -0.4 is 4.90 Å². The first-order valence-corrected chi connectivity index (χ1v) is 11.6. The Morgan fingerprint density at radius 1 is 0.970 bits per heavy atom. The number of hydrogen-bond acceptors (Lipinski definition) is 3. The predicted octanol–water partition coefficient (Wildman–Crippen LogP) is 4.92. The fourth-order valence-electron chi connectivity index (χ4n) is 5.35. The zero-order chi connectivity index (χ0) is 22.6. The first-order valence-electron chi connectivity index (χ1n) is 11.3. The van der Waals surface area contributed by atoms with E-state index in [4.69, 9.17) is 16.3 Å². The number of ether oxygens (including phenoxy) is 1. The van der Waals surface area contributed by atoms with Gasteiger partial charge >= 0.3 is 0 Å². The van der Waals surface area contributed by atoms with Crippen LogP contribution in [0.1, 0.15) is 33.8 Å². The molecule has 1 saturated carbocycles. The molecule has 2 fully saturated rings. The van der Waals surface area contributed by atoms with Crippen molar-refractivity contribution < 1.29 is 14.3 Å². The van der Waals surface area contributed by atoms with Crippen molar-refractivity contribution in [1.29, 1.82) is 0 Å². The predicted molar refractivity (Wildman–Crippen MR) is 127 cm³/mol. The Morgan fingerprint density at radius 2 is 1.73 bits per heavy atom. The number of benzene rings is 3. The standard InChI is InChI=1S/C27H23ClN2O3/c28-20-10-8-18(9-11-20)23-17-27(23)22-6-1-2-7-24(22)30(26(27)32)21-5-3-4-19(16-21)25(31)29-12-14-33-15-13-29/h1-11,16,23H,12-15,17H2/t23-,27?/m1/s1. The summed E-state index contributed by atoms with van der Waals surface area (Å²) < 4.78 is 5.37. The molecule has 3 aromatic carbocycles. The molecule has 0 radical (unpaired) electrons. The number of rotatable bonds is 3. The van der Waals surface area contributed by atoms with Crippen LogP contribution in [0.2, 0.25) is 5.02 Å². The summed E-state index contributed by atoms with van der Waals surface area (Å²) in [5.41, 5.74) is 3.83. The topological polar surface area (TPSA) is 49.9 Å². The van der Waals surface area contributed by atoms with Gasteiger partial charge in [-0.15, -0.1) is 0 Å². The molecule has 1 unspecified atom stereocenters. The smallest absolute Gasteiger partial charge is 0.254 e. The van der Waals surface area contributed by atoms with Gasteiger partial charge in [-0.1, -0.05) is 48.0 Å². The van der Waals surface area contributed by atoms with Gasteiger partial charge in [-0.25, -0.2) is 0 Å². The van der Waals surface area contributed by atoms with Gasteiger partial charge in [-0.05, 0) is 53.9 Å². The minimum absolute atomic E-state index is 0.0275. The molecule has 5 nitrogen and oxygen atoms in total. The van der Waals surface area contributed by atoms with Gasteiger partial charge in [0.15, 0.2) is 0 Å². The van der Waals surface area contributed by atoms with Crippen LogP contribution in [0, 0.1) is 0 Å². The highest BCUT2D eigenvalue weighted by molar-refractivity contribution is 6.30. The molecule has 3 aliphatic rings. The Kier molecular flexibility index (Phi) is 4.78. The molecule has 33 heavy (non-hydrogen) atoms. The number of hydrogen-bond donors (Lipinski definition) is 0. The summed E-state index contributed by atoms with van der Waals surface area (Å²) in [7, 11) is 0. The van der Waals surface area contributed by atoms with E-state index in [-0.39, 0.29) is 17.7 Å². The minimum atomic E-state index is -0.561. The van der Waals surface area contributed by atoms with E-state index >= 15 is 0 Å². The van der Waals surface area contributed by atoms with E-state index in [1.54, 1.807) is 9.80 Å². The second-order valence-corrected chi connectivity index (χ2v) is 9.33. The Bertz CT molecular complexity index is 1250. The fourth-order valence-corrected chi connectivity index (χ4v) is 5.47. The maximum absolute atomic E-state index is 14.0. The Labute approximate surface area is 197 Å². The maximum Gasteiger partial charge on any atom is 0.254 e. The van der Waals surface area contributed by atoms with E-state index in [2.05, 4.69) is 6.07 Å². The van der Waals surface area contributed by atoms with Gasteiger partial charge in [0.1, 0.15) is 0 Å². The maximum atomic E-state index is 14.0. The lowest BCUT2D eigenvalue weighted by Crippen LogP contribution is -2.40. The SMILES string of the molecule is O=C(c1cccc(N2C(=O)C3(C[C@@H]3c3ccc(Cl)cc3)c3ccccc32)c1)N1CCOCC1. The zero-order valence-corrected chi connectivity index (χ0v) is 18.8. The fraction of sp³-hybridized carbons (Fsp3) is 0.259. The second-order valence-electron chi connectivity index (χ2n) is 8.89. The molecule has 2 heterocycles. The summed E-state index contributed by atoms with van der Waals surface area (Å²) in [4.78, 5) is 30.6. The number of fused-ring (bicyclic) bond motifs is 2. The molecule has 1 saturated heterocycles. The van der Waals surface area contributed by atoms with Crippen LogP contribution in [0.25, 0.3) is 0 Å². The van der Waals surface area contributed by atoms with Crippen molar-refractivity contribution in [2.75, 3.05) is 31.2 Å². The third-order valence-electron chi connectivity index (χ3n) is 7.09. The van der Waals surface area contributed by atoms with Gasteiger partial charge in [0.25, 0.3) is 5.91 Å². The largest absolute Gasteiger partial charge is 0.378 e. The monoisotopic (exact) mass is 458 g/mol. The molecule has 6 heteroatoms. The van der Waals surface area contributed by atoms with Crippen molar-refractivity contribution in [2.24, 2.45) is 0 Å².